The minimum absolute atomic E-state index is 0.123. The molecule has 0 amide bonds. The molecule has 0 atom stereocenters. The van der Waals surface area contributed by atoms with Crippen LogP contribution in [0.2, 0.25) is 0 Å². The van der Waals surface area contributed by atoms with Crippen molar-refractivity contribution in [2.75, 3.05) is 7.05 Å². The molecule has 2 N–H and O–H groups in total. The fraction of sp³-hybridized carbons (Fsp3) is 0.500. The molecular weight excluding hydrogens is 247 g/mol. The molecule has 0 spiro atoms. The van der Waals surface area contributed by atoms with Gasteiger partial charge in [0.25, 0.3) is 0 Å². The number of hydrogen-bond acceptors (Lipinski definition) is 2. The Morgan fingerprint density at radius 2 is 2.11 bits per heavy atom. The first kappa shape index (κ1) is 13.4. The largest absolute Gasteiger partial charge is 0.389 e. The van der Waals surface area contributed by atoms with Crippen molar-refractivity contribution in [2.45, 2.75) is 38.3 Å². The first-order valence-corrected chi connectivity index (χ1v) is 6.77. The summed E-state index contributed by atoms with van der Waals surface area (Å²) in [6.07, 6.45) is 5.16. The van der Waals surface area contributed by atoms with Crippen LogP contribution in [0.5, 0.6) is 0 Å². The van der Waals surface area contributed by atoms with Gasteiger partial charge < -0.3 is 5.73 Å². The molecule has 1 aliphatic carbocycles. The normalized spacial score (nSPS) is 16.4. The maximum atomic E-state index is 13.5. The van der Waals surface area contributed by atoms with Crippen LogP contribution in [0.4, 0.5) is 4.39 Å². The number of halogens is 1. The van der Waals surface area contributed by atoms with Gasteiger partial charge in [0.05, 0.1) is 0 Å². The van der Waals surface area contributed by atoms with E-state index in [1.54, 1.807) is 6.07 Å². The fourth-order valence-electron chi connectivity index (χ4n) is 2.62. The third-order valence-electron chi connectivity index (χ3n) is 3.68. The maximum Gasteiger partial charge on any atom is 0.133 e. The Kier molecular flexibility index (Phi) is 4.30. The summed E-state index contributed by atoms with van der Waals surface area (Å²) in [7, 11) is 2.12. The molecule has 0 aromatic heterocycles. The zero-order chi connectivity index (χ0) is 13.1. The van der Waals surface area contributed by atoms with Crippen molar-refractivity contribution in [1.29, 1.82) is 0 Å². The molecule has 2 rings (SSSR count). The van der Waals surface area contributed by atoms with Gasteiger partial charge in [-0.3, -0.25) is 4.90 Å². The van der Waals surface area contributed by atoms with Gasteiger partial charge in [-0.15, -0.1) is 0 Å². The summed E-state index contributed by atoms with van der Waals surface area (Å²) in [6.45, 7) is 0.820. The van der Waals surface area contributed by atoms with Crippen LogP contribution in [0.25, 0.3) is 0 Å². The first-order valence-electron chi connectivity index (χ1n) is 6.36. The SMILES string of the molecule is CN(Cc1ccc(F)c(C(N)=S)c1)C1CCCC1. The highest BCUT2D eigenvalue weighted by Gasteiger charge is 2.19. The summed E-state index contributed by atoms with van der Waals surface area (Å²) in [4.78, 5) is 2.46. The predicted molar refractivity (Wildman–Crippen MR) is 76.0 cm³/mol. The van der Waals surface area contributed by atoms with Gasteiger partial charge in [0.15, 0.2) is 0 Å². The van der Waals surface area contributed by atoms with Crippen molar-refractivity contribution in [3.63, 3.8) is 0 Å². The summed E-state index contributed by atoms with van der Waals surface area (Å²) >= 11 is 4.85. The average molecular weight is 266 g/mol. The number of nitrogens with two attached hydrogens (primary N) is 1. The Morgan fingerprint density at radius 3 is 2.72 bits per heavy atom. The number of rotatable bonds is 4. The monoisotopic (exact) mass is 266 g/mol. The van der Waals surface area contributed by atoms with Crippen molar-refractivity contribution in [2.24, 2.45) is 5.73 Å². The van der Waals surface area contributed by atoms with Crippen LogP contribution >= 0.6 is 12.2 Å². The standard InChI is InChI=1S/C14H19FN2S/c1-17(11-4-2-3-5-11)9-10-6-7-13(15)12(8-10)14(16)18/h6-8,11H,2-5,9H2,1H3,(H2,16,18). The highest BCUT2D eigenvalue weighted by Crippen LogP contribution is 2.24. The molecule has 1 fully saturated rings. The Labute approximate surface area is 113 Å². The topological polar surface area (TPSA) is 29.3 Å². The van der Waals surface area contributed by atoms with Crippen LogP contribution in [0, 0.1) is 5.82 Å². The number of thiocarbonyl (C=S) groups is 1. The Bertz CT molecular complexity index is 441. The van der Waals surface area contributed by atoms with E-state index in [-0.39, 0.29) is 10.8 Å². The van der Waals surface area contributed by atoms with Gasteiger partial charge in [-0.25, -0.2) is 4.39 Å². The summed E-state index contributed by atoms with van der Waals surface area (Å²) in [5.41, 5.74) is 6.93. The number of hydrogen-bond donors (Lipinski definition) is 1. The van der Waals surface area contributed by atoms with Gasteiger partial charge in [-0.2, -0.15) is 0 Å². The molecule has 1 aromatic carbocycles. The quantitative estimate of drug-likeness (QED) is 0.850. The summed E-state index contributed by atoms with van der Waals surface area (Å²) in [6, 6.07) is 5.68. The molecule has 1 aliphatic rings. The van der Waals surface area contributed by atoms with Gasteiger partial charge in [-0.1, -0.05) is 31.1 Å². The second-order valence-corrected chi connectivity index (χ2v) is 5.47. The van der Waals surface area contributed by atoms with E-state index in [1.165, 1.54) is 31.7 Å². The van der Waals surface area contributed by atoms with Gasteiger partial charge >= 0.3 is 0 Å². The highest BCUT2D eigenvalue weighted by molar-refractivity contribution is 7.80. The molecule has 0 unspecified atom stereocenters. The Balaban J connectivity index is 2.09. The highest BCUT2D eigenvalue weighted by atomic mass is 32.1. The zero-order valence-corrected chi connectivity index (χ0v) is 11.5. The lowest BCUT2D eigenvalue weighted by molar-refractivity contribution is 0.237. The molecule has 0 saturated heterocycles. The molecule has 0 bridgehead atoms. The van der Waals surface area contributed by atoms with E-state index in [2.05, 4.69) is 11.9 Å². The molecule has 0 heterocycles. The maximum absolute atomic E-state index is 13.5. The third kappa shape index (κ3) is 3.06. The van der Waals surface area contributed by atoms with Gasteiger partial charge in [0, 0.05) is 18.2 Å². The van der Waals surface area contributed by atoms with Crippen LogP contribution in [0.3, 0.4) is 0 Å². The van der Waals surface area contributed by atoms with Crippen molar-refractivity contribution >= 4 is 17.2 Å². The average Bonchev–Trinajstić information content (AvgIpc) is 2.85. The van der Waals surface area contributed by atoms with E-state index < -0.39 is 0 Å². The zero-order valence-electron chi connectivity index (χ0n) is 10.7. The lowest BCUT2D eigenvalue weighted by Crippen LogP contribution is -2.28. The lowest BCUT2D eigenvalue weighted by Gasteiger charge is -2.24. The predicted octanol–water partition coefficient (Wildman–Crippen LogP) is 2.83. The third-order valence-corrected chi connectivity index (χ3v) is 3.90. The molecule has 98 valence electrons. The second kappa shape index (κ2) is 5.76. The van der Waals surface area contributed by atoms with Crippen molar-refractivity contribution < 1.29 is 4.39 Å². The summed E-state index contributed by atoms with van der Waals surface area (Å²) in [5.74, 6) is -0.338. The van der Waals surface area contributed by atoms with E-state index in [0.717, 1.165) is 12.1 Å². The molecule has 4 heteroatoms. The fourth-order valence-corrected chi connectivity index (χ4v) is 2.78. The molecule has 0 radical (unpaired) electrons. The minimum Gasteiger partial charge on any atom is -0.389 e. The number of benzene rings is 1. The van der Waals surface area contributed by atoms with Crippen LogP contribution in [0.1, 0.15) is 36.8 Å². The van der Waals surface area contributed by atoms with Crippen LogP contribution in [-0.4, -0.2) is 23.0 Å². The van der Waals surface area contributed by atoms with E-state index in [1.807, 2.05) is 6.07 Å². The number of nitrogens with zero attached hydrogens (tertiary/aromatic N) is 1. The van der Waals surface area contributed by atoms with E-state index >= 15 is 0 Å². The lowest BCUT2D eigenvalue weighted by atomic mass is 10.1. The van der Waals surface area contributed by atoms with Crippen molar-refractivity contribution in [1.82, 2.24) is 4.90 Å². The molecular formula is C14H19FN2S. The summed E-state index contributed by atoms with van der Waals surface area (Å²) < 4.78 is 13.5. The molecule has 18 heavy (non-hydrogen) atoms. The molecule has 1 saturated carbocycles. The molecule has 0 aliphatic heterocycles. The van der Waals surface area contributed by atoms with Crippen LogP contribution in [0.15, 0.2) is 18.2 Å². The van der Waals surface area contributed by atoms with Crippen LogP contribution < -0.4 is 5.73 Å². The Hall–Kier alpha value is -1.00. The second-order valence-electron chi connectivity index (χ2n) is 5.03. The van der Waals surface area contributed by atoms with Gasteiger partial charge in [-0.05, 0) is 37.6 Å². The Morgan fingerprint density at radius 1 is 1.44 bits per heavy atom. The van der Waals surface area contributed by atoms with Gasteiger partial charge in [0.1, 0.15) is 10.8 Å². The van der Waals surface area contributed by atoms with E-state index in [4.69, 9.17) is 18.0 Å². The first-order chi connectivity index (χ1) is 8.58. The van der Waals surface area contributed by atoms with Crippen LogP contribution in [-0.2, 0) is 6.54 Å². The van der Waals surface area contributed by atoms with E-state index in [0.29, 0.717) is 11.6 Å². The summed E-state index contributed by atoms with van der Waals surface area (Å²) in [5, 5.41) is 0. The molecule has 1 aromatic rings. The van der Waals surface area contributed by atoms with Crippen molar-refractivity contribution in [3.05, 3.63) is 35.1 Å². The van der Waals surface area contributed by atoms with Crippen molar-refractivity contribution in [3.8, 4) is 0 Å². The molecule has 2 nitrogen and oxygen atoms in total. The van der Waals surface area contributed by atoms with Gasteiger partial charge in [0.2, 0.25) is 0 Å². The smallest absolute Gasteiger partial charge is 0.133 e. The van der Waals surface area contributed by atoms with E-state index in [9.17, 15) is 4.39 Å². The minimum atomic E-state index is -0.338.